The zero-order chi connectivity index (χ0) is 24.6. The van der Waals surface area contributed by atoms with E-state index in [1.54, 1.807) is 0 Å². The third kappa shape index (κ3) is 4.18. The normalized spacial score (nSPS) is 13.5. The van der Waals surface area contributed by atoms with Crippen LogP contribution in [-0.2, 0) is 21.6 Å². The molecule has 0 unspecified atom stereocenters. The summed E-state index contributed by atoms with van der Waals surface area (Å²) in [5.41, 5.74) is 0.940. The Bertz CT molecular complexity index is 1550. The molecule has 0 atom stereocenters. The molecule has 0 aliphatic heterocycles. The number of aromatic nitrogens is 3. The molecule has 1 fully saturated rings. The van der Waals surface area contributed by atoms with E-state index >= 15 is 0 Å². The van der Waals surface area contributed by atoms with Gasteiger partial charge in [-0.2, -0.15) is 19.6 Å². The summed E-state index contributed by atoms with van der Waals surface area (Å²) < 4.78 is 20.1. The molecular weight excluding hydrogens is 474 g/mol. The first kappa shape index (κ1) is 22.1. The molecule has 1 aliphatic carbocycles. The summed E-state index contributed by atoms with van der Waals surface area (Å²) in [5, 5.41) is 21.2. The number of anilines is 1. The van der Waals surface area contributed by atoms with E-state index in [1.165, 1.54) is 0 Å². The van der Waals surface area contributed by atoms with E-state index in [1.807, 2.05) is 37.3 Å². The number of nitrogens with zero attached hydrogens (tertiary/aromatic N) is 4. The zero-order valence-electron chi connectivity index (χ0n) is 18.1. The number of carbonyl (C=O) groups is 2. The molecule has 0 saturated heterocycles. The number of aliphatic carboxylic acids is 1. The maximum absolute atomic E-state index is 12.3. The summed E-state index contributed by atoms with van der Waals surface area (Å²) in [7, 11) is 0. The van der Waals surface area contributed by atoms with E-state index in [0.717, 1.165) is 22.7 Å². The van der Waals surface area contributed by atoms with Crippen molar-refractivity contribution in [1.29, 1.82) is 5.26 Å². The van der Waals surface area contributed by atoms with Crippen molar-refractivity contribution in [2.45, 2.75) is 31.8 Å². The second-order valence-corrected chi connectivity index (χ2v) is 8.53. The molecule has 1 aromatic carbocycles. The number of carboxylic acid groups (broad SMARTS) is 1. The maximum atomic E-state index is 12.3. The van der Waals surface area contributed by atoms with Gasteiger partial charge in [0.25, 0.3) is 5.89 Å². The Morgan fingerprint density at radius 2 is 2.06 bits per heavy atom. The van der Waals surface area contributed by atoms with Crippen LogP contribution in [0.2, 0.25) is 0 Å². The molecule has 2 N–H and O–H groups in total. The smallest absolute Gasteiger partial charge is 0.412 e. The van der Waals surface area contributed by atoms with Crippen molar-refractivity contribution in [2.24, 2.45) is 0 Å². The predicted molar refractivity (Wildman–Crippen MR) is 120 cm³/mol. The lowest BCUT2D eigenvalue weighted by Gasteiger charge is -2.08. The fourth-order valence-electron chi connectivity index (χ4n) is 3.28. The lowest BCUT2D eigenvalue weighted by atomic mass is 10.1. The lowest BCUT2D eigenvalue weighted by Crippen LogP contribution is -2.19. The van der Waals surface area contributed by atoms with E-state index in [9.17, 15) is 20.0 Å². The topological polar surface area (TPSA) is 164 Å². The molecule has 1 aliphatic rings. The Hall–Kier alpha value is -4.68. The van der Waals surface area contributed by atoms with Crippen molar-refractivity contribution in [3.8, 4) is 17.9 Å². The zero-order valence-corrected chi connectivity index (χ0v) is 18.9. The summed E-state index contributed by atoms with van der Waals surface area (Å²) >= 11 is 0.915. The number of ether oxygens (including phenoxy) is 1. The second-order valence-electron chi connectivity index (χ2n) is 7.76. The van der Waals surface area contributed by atoms with Gasteiger partial charge in [0.15, 0.2) is 5.69 Å². The third-order valence-electron chi connectivity index (χ3n) is 5.47. The predicted octanol–water partition coefficient (Wildman–Crippen LogP) is 3.72. The molecule has 0 spiro atoms. The number of fused-ring (bicyclic) bond motifs is 1. The van der Waals surface area contributed by atoms with Crippen LogP contribution in [0.15, 0.2) is 33.1 Å². The number of carboxylic acids is 1. The van der Waals surface area contributed by atoms with Crippen LogP contribution in [0.1, 0.15) is 46.3 Å². The Labute approximate surface area is 201 Å². The highest BCUT2D eigenvalue weighted by Gasteiger charge is 2.56. The minimum absolute atomic E-state index is 0.0111. The maximum Gasteiger partial charge on any atom is 0.412 e. The summed E-state index contributed by atoms with van der Waals surface area (Å²) in [6, 6.07) is 9.40. The number of nitrogens with one attached hydrogen (secondary N) is 1. The van der Waals surface area contributed by atoms with Gasteiger partial charge in [-0.05, 0) is 54.3 Å². The van der Waals surface area contributed by atoms with Crippen molar-refractivity contribution in [3.05, 3.63) is 57.7 Å². The number of rotatable bonds is 5. The number of hydrogen-bond acceptors (Lipinski definition) is 10. The summed E-state index contributed by atoms with van der Waals surface area (Å²) in [6.45, 7) is 1.97. The van der Waals surface area contributed by atoms with Gasteiger partial charge in [-0.1, -0.05) is 24.3 Å². The van der Waals surface area contributed by atoms with Crippen LogP contribution in [-0.4, -0.2) is 31.5 Å². The Morgan fingerprint density at radius 1 is 1.26 bits per heavy atom. The largest absolute Gasteiger partial charge is 0.480 e. The molecule has 0 bridgehead atoms. The fourth-order valence-corrected chi connectivity index (χ4v) is 3.93. The Balaban J connectivity index is 1.32. The van der Waals surface area contributed by atoms with E-state index < -0.39 is 17.5 Å². The lowest BCUT2D eigenvalue weighted by molar-refractivity contribution is -0.140. The summed E-state index contributed by atoms with van der Waals surface area (Å²) in [5.74, 6) is 4.43. The van der Waals surface area contributed by atoms with Crippen molar-refractivity contribution < 1.29 is 28.3 Å². The minimum Gasteiger partial charge on any atom is -0.480 e. The molecule has 1 saturated carbocycles. The number of amides is 1. The Morgan fingerprint density at radius 3 is 2.74 bits per heavy atom. The molecule has 35 heavy (non-hydrogen) atoms. The van der Waals surface area contributed by atoms with E-state index in [2.05, 4.69) is 31.5 Å². The van der Waals surface area contributed by atoms with Crippen LogP contribution < -0.4 is 5.32 Å². The molecule has 11 nitrogen and oxygen atoms in total. The molecule has 3 heterocycles. The van der Waals surface area contributed by atoms with Crippen LogP contribution in [0.3, 0.4) is 0 Å². The number of aryl methyl sites for hydroxylation is 1. The standard InChI is InChI=1S/C23H15N5O6S/c1-12-4-2-3-5-13(12)11-32-22(31)26-17-14(10-24)28-35-15(17)6-7-16-25-18-19(33-16)34-20(27-18)23(8-9-23)21(29)30/h2-5H,8-9,11H2,1H3,(H,26,31)(H,29,30). The van der Waals surface area contributed by atoms with Gasteiger partial charge in [0.05, 0.1) is 0 Å². The van der Waals surface area contributed by atoms with Crippen LogP contribution in [0.4, 0.5) is 10.5 Å². The van der Waals surface area contributed by atoms with Gasteiger partial charge >= 0.3 is 17.8 Å². The molecule has 5 rings (SSSR count). The molecule has 4 aromatic rings. The van der Waals surface area contributed by atoms with Crippen molar-refractivity contribution >= 4 is 40.7 Å². The average Bonchev–Trinajstić information content (AvgIpc) is 3.23. The molecular formula is C23H15N5O6S. The monoisotopic (exact) mass is 489 g/mol. The quantitative estimate of drug-likeness (QED) is 0.395. The van der Waals surface area contributed by atoms with E-state index in [0.29, 0.717) is 17.7 Å². The van der Waals surface area contributed by atoms with Gasteiger partial charge in [-0.25, -0.2) is 4.79 Å². The molecule has 174 valence electrons. The number of hydrogen-bond donors (Lipinski definition) is 2. The van der Waals surface area contributed by atoms with Gasteiger partial charge in [0.1, 0.15) is 28.7 Å². The summed E-state index contributed by atoms with van der Waals surface area (Å²) in [6.07, 6.45) is 0.118. The minimum atomic E-state index is -1.11. The third-order valence-corrected chi connectivity index (χ3v) is 6.24. The van der Waals surface area contributed by atoms with Crippen molar-refractivity contribution in [3.63, 3.8) is 0 Å². The van der Waals surface area contributed by atoms with E-state index in [-0.39, 0.29) is 41.2 Å². The number of benzene rings is 1. The average molecular weight is 489 g/mol. The van der Waals surface area contributed by atoms with Gasteiger partial charge in [-0.3, -0.25) is 10.1 Å². The first-order valence-corrected chi connectivity index (χ1v) is 11.1. The van der Waals surface area contributed by atoms with Crippen LogP contribution >= 0.6 is 11.5 Å². The summed E-state index contributed by atoms with van der Waals surface area (Å²) in [4.78, 5) is 32.3. The highest BCUT2D eigenvalue weighted by molar-refractivity contribution is 7.07. The first-order valence-electron chi connectivity index (χ1n) is 10.3. The molecule has 0 radical (unpaired) electrons. The highest BCUT2D eigenvalue weighted by atomic mass is 32.1. The SMILES string of the molecule is Cc1ccccc1COC(=O)Nc1c(C#N)nsc1C#Cc1nc2nc(C3(C(=O)O)CC3)oc2o1. The van der Waals surface area contributed by atoms with Gasteiger partial charge in [0, 0.05) is 0 Å². The highest BCUT2D eigenvalue weighted by Crippen LogP contribution is 2.48. The van der Waals surface area contributed by atoms with Crippen molar-refractivity contribution in [1.82, 2.24) is 14.3 Å². The van der Waals surface area contributed by atoms with E-state index in [4.69, 9.17) is 13.6 Å². The van der Waals surface area contributed by atoms with Crippen molar-refractivity contribution in [2.75, 3.05) is 5.32 Å². The molecule has 12 heteroatoms. The van der Waals surface area contributed by atoms with Crippen LogP contribution in [0.25, 0.3) is 11.4 Å². The van der Waals surface area contributed by atoms with Gasteiger partial charge in [-0.15, -0.1) is 0 Å². The first-order chi connectivity index (χ1) is 16.9. The second kappa shape index (κ2) is 8.59. The fraction of sp³-hybridized carbons (Fsp3) is 0.217. The number of oxazole rings is 2. The van der Waals surface area contributed by atoms with Gasteiger partial charge in [0.2, 0.25) is 11.5 Å². The Kier molecular flexibility index (Phi) is 5.43. The molecule has 1 amide bonds. The number of nitriles is 1. The molecule has 3 aromatic heterocycles. The van der Waals surface area contributed by atoms with Crippen LogP contribution in [0.5, 0.6) is 0 Å². The van der Waals surface area contributed by atoms with Gasteiger partial charge < -0.3 is 18.7 Å². The number of carbonyl (C=O) groups excluding carboxylic acids is 1. The van der Waals surface area contributed by atoms with Crippen LogP contribution in [0, 0.1) is 30.1 Å².